The van der Waals surface area contributed by atoms with Crippen LogP contribution < -0.4 is 4.90 Å². The number of hydrogen-bond acceptors (Lipinski definition) is 6. The molecule has 0 radical (unpaired) electrons. The quantitative estimate of drug-likeness (QED) is 0.568. The minimum atomic E-state index is 0.258. The van der Waals surface area contributed by atoms with Crippen molar-refractivity contribution in [2.45, 2.75) is 26.8 Å². The first kappa shape index (κ1) is 17.9. The Morgan fingerprint density at radius 3 is 2.90 bits per heavy atom. The van der Waals surface area contributed by atoms with E-state index in [4.69, 9.17) is 14.2 Å². The van der Waals surface area contributed by atoms with Crippen molar-refractivity contribution in [2.75, 3.05) is 24.7 Å². The summed E-state index contributed by atoms with van der Waals surface area (Å²) in [7, 11) is 0. The number of aryl methyl sites for hydroxylation is 2. The molecule has 1 saturated heterocycles. The highest BCUT2D eigenvalue weighted by Gasteiger charge is 2.23. The Labute approximate surface area is 168 Å². The Morgan fingerprint density at radius 1 is 1.21 bits per heavy atom. The number of aromatic nitrogens is 4. The van der Waals surface area contributed by atoms with Gasteiger partial charge in [-0.3, -0.25) is 0 Å². The van der Waals surface area contributed by atoms with Crippen LogP contribution in [0.15, 0.2) is 41.2 Å². The summed E-state index contributed by atoms with van der Waals surface area (Å²) < 4.78 is 11.1. The molecular weight excluding hydrogens is 366 g/mol. The number of H-pyrrole nitrogens is 1. The van der Waals surface area contributed by atoms with Crippen molar-refractivity contribution in [1.29, 1.82) is 0 Å². The number of rotatable bonds is 3. The third-order valence-corrected chi connectivity index (χ3v) is 5.53. The van der Waals surface area contributed by atoms with Crippen LogP contribution in [-0.4, -0.2) is 45.9 Å². The molecule has 0 aromatic carbocycles. The van der Waals surface area contributed by atoms with Crippen molar-refractivity contribution in [3.63, 3.8) is 0 Å². The number of anilines is 1. The molecule has 5 rings (SSSR count). The summed E-state index contributed by atoms with van der Waals surface area (Å²) in [6.07, 6.45) is 3.72. The summed E-state index contributed by atoms with van der Waals surface area (Å²) in [4.78, 5) is 15.0. The van der Waals surface area contributed by atoms with Crippen LogP contribution in [0.2, 0.25) is 0 Å². The molecule has 5 heterocycles. The molecule has 1 atom stereocenters. The van der Waals surface area contributed by atoms with Gasteiger partial charge in [-0.25, -0.2) is 9.97 Å². The van der Waals surface area contributed by atoms with E-state index < -0.39 is 0 Å². The molecule has 0 amide bonds. The van der Waals surface area contributed by atoms with E-state index in [2.05, 4.69) is 39.1 Å². The number of pyridine rings is 2. The SMILES string of the molecule is Cc1noc(C)c1-c1cc(-c2ccnc3[nH]ccc23)nc(N2CCOC[C@H]2C)c1. The molecule has 7 heteroatoms. The molecule has 0 spiro atoms. The maximum atomic E-state index is 5.63. The molecule has 1 N–H and O–H groups in total. The van der Waals surface area contributed by atoms with E-state index in [0.29, 0.717) is 13.2 Å². The van der Waals surface area contributed by atoms with Gasteiger partial charge in [0.2, 0.25) is 0 Å². The first-order chi connectivity index (χ1) is 14.1. The van der Waals surface area contributed by atoms with Crippen LogP contribution in [0, 0.1) is 13.8 Å². The molecule has 29 heavy (non-hydrogen) atoms. The Hall–Kier alpha value is -3.19. The van der Waals surface area contributed by atoms with Crippen molar-refractivity contribution >= 4 is 16.9 Å². The van der Waals surface area contributed by atoms with Gasteiger partial charge in [0, 0.05) is 35.5 Å². The summed E-state index contributed by atoms with van der Waals surface area (Å²) in [5.74, 6) is 1.75. The molecule has 0 bridgehead atoms. The second-order valence-corrected chi connectivity index (χ2v) is 7.51. The molecule has 148 valence electrons. The van der Waals surface area contributed by atoms with E-state index in [-0.39, 0.29) is 6.04 Å². The highest BCUT2D eigenvalue weighted by Crippen LogP contribution is 2.35. The van der Waals surface area contributed by atoms with Gasteiger partial charge in [-0.1, -0.05) is 5.16 Å². The zero-order valence-corrected chi connectivity index (χ0v) is 16.8. The number of aromatic amines is 1. The lowest BCUT2D eigenvalue weighted by Crippen LogP contribution is -2.44. The predicted molar refractivity (Wildman–Crippen MR) is 112 cm³/mol. The van der Waals surface area contributed by atoms with Gasteiger partial charge in [0.25, 0.3) is 0 Å². The van der Waals surface area contributed by atoms with Crippen LogP contribution >= 0.6 is 0 Å². The molecule has 1 aliphatic rings. The van der Waals surface area contributed by atoms with Gasteiger partial charge in [-0.05, 0) is 50.6 Å². The number of ether oxygens (including phenoxy) is 1. The van der Waals surface area contributed by atoms with E-state index in [0.717, 1.165) is 57.2 Å². The fraction of sp³-hybridized carbons (Fsp3) is 0.318. The molecular formula is C22H23N5O2. The number of nitrogens with zero attached hydrogens (tertiary/aromatic N) is 4. The Kier molecular flexibility index (Phi) is 4.32. The van der Waals surface area contributed by atoms with E-state index in [1.54, 1.807) is 0 Å². The van der Waals surface area contributed by atoms with Gasteiger partial charge in [0.15, 0.2) is 0 Å². The molecule has 7 nitrogen and oxygen atoms in total. The van der Waals surface area contributed by atoms with Gasteiger partial charge in [-0.2, -0.15) is 0 Å². The van der Waals surface area contributed by atoms with Crippen molar-refractivity contribution in [1.82, 2.24) is 20.1 Å². The first-order valence-corrected chi connectivity index (χ1v) is 9.84. The van der Waals surface area contributed by atoms with E-state index in [9.17, 15) is 0 Å². The molecule has 0 saturated carbocycles. The fourth-order valence-electron chi connectivity index (χ4n) is 4.09. The molecule has 4 aromatic heterocycles. The highest BCUT2D eigenvalue weighted by molar-refractivity contribution is 5.93. The van der Waals surface area contributed by atoms with Crippen LogP contribution in [0.1, 0.15) is 18.4 Å². The lowest BCUT2D eigenvalue weighted by molar-refractivity contribution is 0.0985. The third-order valence-electron chi connectivity index (χ3n) is 5.53. The van der Waals surface area contributed by atoms with Crippen molar-refractivity contribution in [2.24, 2.45) is 0 Å². The summed E-state index contributed by atoms with van der Waals surface area (Å²) in [6, 6.07) is 8.56. The van der Waals surface area contributed by atoms with Crippen LogP contribution in [0.4, 0.5) is 5.82 Å². The zero-order chi connectivity index (χ0) is 20.0. The number of morpholine rings is 1. The normalized spacial score (nSPS) is 17.2. The summed E-state index contributed by atoms with van der Waals surface area (Å²) in [5.41, 5.74) is 5.77. The standard InChI is InChI=1S/C22H23N5O2/c1-13-12-28-9-8-27(13)20-11-16(21-14(2)26-29-15(21)3)10-19(25-20)17-4-6-23-22-18(17)5-7-24-22/h4-7,10-11,13H,8-9,12H2,1-3H3,(H,23,24)/t13-/m1/s1. The Bertz CT molecular complexity index is 1160. The average molecular weight is 389 g/mol. The lowest BCUT2D eigenvalue weighted by Gasteiger charge is -2.34. The fourth-order valence-corrected chi connectivity index (χ4v) is 4.09. The molecule has 0 unspecified atom stereocenters. The minimum Gasteiger partial charge on any atom is -0.377 e. The topological polar surface area (TPSA) is 80.1 Å². The first-order valence-electron chi connectivity index (χ1n) is 9.84. The molecule has 4 aromatic rings. The van der Waals surface area contributed by atoms with Crippen LogP contribution in [0.25, 0.3) is 33.4 Å². The van der Waals surface area contributed by atoms with Crippen LogP contribution in [-0.2, 0) is 4.74 Å². The maximum absolute atomic E-state index is 5.63. The van der Waals surface area contributed by atoms with Crippen LogP contribution in [0.5, 0.6) is 0 Å². The predicted octanol–water partition coefficient (Wildman–Crippen LogP) is 4.12. The summed E-state index contributed by atoms with van der Waals surface area (Å²) in [5, 5.41) is 5.20. The summed E-state index contributed by atoms with van der Waals surface area (Å²) >= 11 is 0. The molecule has 1 fully saturated rings. The van der Waals surface area contributed by atoms with E-state index in [1.165, 1.54) is 0 Å². The number of hydrogen-bond donors (Lipinski definition) is 1. The Balaban J connectivity index is 1.73. The molecule has 0 aliphatic carbocycles. The average Bonchev–Trinajstić information content (AvgIpc) is 3.34. The Morgan fingerprint density at radius 2 is 2.10 bits per heavy atom. The minimum absolute atomic E-state index is 0.258. The van der Waals surface area contributed by atoms with Crippen LogP contribution in [0.3, 0.4) is 0 Å². The highest BCUT2D eigenvalue weighted by atomic mass is 16.5. The molecule has 1 aliphatic heterocycles. The van der Waals surface area contributed by atoms with Crippen molar-refractivity contribution in [3.8, 4) is 22.4 Å². The van der Waals surface area contributed by atoms with E-state index >= 15 is 0 Å². The monoisotopic (exact) mass is 389 g/mol. The van der Waals surface area contributed by atoms with Gasteiger partial charge in [0.05, 0.1) is 30.6 Å². The van der Waals surface area contributed by atoms with Crippen molar-refractivity contribution in [3.05, 3.63) is 48.1 Å². The maximum Gasteiger partial charge on any atom is 0.141 e. The number of nitrogens with one attached hydrogen (secondary N) is 1. The number of fused-ring (bicyclic) bond motifs is 1. The largest absolute Gasteiger partial charge is 0.377 e. The summed E-state index contributed by atoms with van der Waals surface area (Å²) in [6.45, 7) is 8.30. The van der Waals surface area contributed by atoms with Crippen molar-refractivity contribution < 1.29 is 9.26 Å². The smallest absolute Gasteiger partial charge is 0.141 e. The second-order valence-electron chi connectivity index (χ2n) is 7.51. The van der Waals surface area contributed by atoms with Gasteiger partial charge in [0.1, 0.15) is 17.2 Å². The van der Waals surface area contributed by atoms with E-state index in [1.807, 2.05) is 38.4 Å². The zero-order valence-electron chi connectivity index (χ0n) is 16.8. The lowest BCUT2D eigenvalue weighted by atomic mass is 10.0. The third kappa shape index (κ3) is 3.07. The van der Waals surface area contributed by atoms with Gasteiger partial charge >= 0.3 is 0 Å². The van der Waals surface area contributed by atoms with Gasteiger partial charge < -0.3 is 19.1 Å². The van der Waals surface area contributed by atoms with Gasteiger partial charge in [-0.15, -0.1) is 0 Å². The second kappa shape index (κ2) is 7.00.